The number of nitrogens with one attached hydrogen (secondary N) is 2. The van der Waals surface area contributed by atoms with Gasteiger partial charge in [-0.1, -0.05) is 6.07 Å². The molecule has 10 heteroatoms. The molecule has 0 aliphatic carbocycles. The zero-order chi connectivity index (χ0) is 20.6. The molecule has 4 rings (SSSR count). The number of hydrogen-bond donors (Lipinski definition) is 2. The van der Waals surface area contributed by atoms with Crippen LogP contribution in [0.3, 0.4) is 0 Å². The van der Waals surface area contributed by atoms with Crippen molar-refractivity contribution in [1.82, 2.24) is 19.9 Å². The van der Waals surface area contributed by atoms with E-state index in [1.807, 2.05) is 6.07 Å². The highest BCUT2D eigenvalue weighted by Gasteiger charge is 2.29. The van der Waals surface area contributed by atoms with Gasteiger partial charge in [0.1, 0.15) is 5.82 Å². The molecule has 0 unspecified atom stereocenters. The summed E-state index contributed by atoms with van der Waals surface area (Å²) < 4.78 is 28.1. The molecule has 29 heavy (non-hydrogen) atoms. The van der Waals surface area contributed by atoms with E-state index in [1.54, 1.807) is 12.3 Å². The number of amides is 2. The Balaban J connectivity index is 1.53. The topological polar surface area (TPSA) is 112 Å². The summed E-state index contributed by atoms with van der Waals surface area (Å²) in [5.74, 6) is -0.344. The maximum absolute atomic E-state index is 12.8. The highest BCUT2D eigenvalue weighted by molar-refractivity contribution is 7.89. The number of carbonyl (C=O) groups excluding carboxylic acids is 2. The number of hydrogen-bond acceptors (Lipinski definition) is 7. The molecular formula is C19H21N5O4S. The first-order chi connectivity index (χ1) is 13.8. The third kappa shape index (κ3) is 3.86. The van der Waals surface area contributed by atoms with Crippen molar-refractivity contribution in [2.75, 3.05) is 38.1 Å². The smallest absolute Gasteiger partial charge is 0.258 e. The second kappa shape index (κ2) is 7.54. The van der Waals surface area contributed by atoms with Gasteiger partial charge in [-0.25, -0.2) is 18.1 Å². The minimum absolute atomic E-state index is 0.0638. The zero-order valence-corrected chi connectivity index (χ0v) is 16.7. The molecule has 152 valence electrons. The summed E-state index contributed by atoms with van der Waals surface area (Å²) in [4.78, 5) is 32.2. The molecule has 9 nitrogen and oxygen atoms in total. The van der Waals surface area contributed by atoms with E-state index in [-0.39, 0.29) is 22.6 Å². The van der Waals surface area contributed by atoms with Crippen LogP contribution in [-0.4, -0.2) is 63.3 Å². The van der Waals surface area contributed by atoms with Crippen LogP contribution >= 0.6 is 0 Å². The van der Waals surface area contributed by atoms with Crippen LogP contribution in [0.25, 0.3) is 0 Å². The Morgan fingerprint density at radius 3 is 2.55 bits per heavy atom. The maximum atomic E-state index is 12.8. The van der Waals surface area contributed by atoms with E-state index in [0.717, 1.165) is 37.6 Å². The van der Waals surface area contributed by atoms with Crippen LogP contribution in [-0.2, 0) is 16.6 Å². The molecule has 1 saturated heterocycles. The largest absolute Gasteiger partial charge is 0.354 e. The zero-order valence-electron chi connectivity index (χ0n) is 15.9. The number of likely N-dealkylation sites (N-methyl/N-ethyl adjacent to an activating group) is 1. The lowest BCUT2D eigenvalue weighted by molar-refractivity contribution is 0.0879. The Kier molecular flexibility index (Phi) is 5.07. The van der Waals surface area contributed by atoms with Gasteiger partial charge in [-0.2, -0.15) is 0 Å². The van der Waals surface area contributed by atoms with Crippen molar-refractivity contribution in [3.8, 4) is 0 Å². The fraction of sp³-hybridized carbons (Fsp3) is 0.316. The van der Waals surface area contributed by atoms with Gasteiger partial charge in [0.15, 0.2) is 0 Å². The summed E-state index contributed by atoms with van der Waals surface area (Å²) in [6, 6.07) is 7.52. The second-order valence-corrected chi connectivity index (χ2v) is 8.86. The number of pyridine rings is 1. The summed E-state index contributed by atoms with van der Waals surface area (Å²) in [5.41, 5.74) is 1.02. The molecule has 2 N–H and O–H groups in total. The standard InChI is InChI=1S/C19H21N5O4S/c1-23-7-9-24(10-8-23)17-13(3-2-6-20-17)12-21-29(27,28)14-4-5-15-16(11-14)19(26)22-18(15)25/h2-6,11,21H,7-10,12H2,1H3,(H,22,25,26). The molecular weight excluding hydrogens is 394 g/mol. The number of carbonyl (C=O) groups is 2. The minimum atomic E-state index is -3.87. The Hall–Kier alpha value is -2.82. The highest BCUT2D eigenvalue weighted by Crippen LogP contribution is 2.22. The van der Waals surface area contributed by atoms with Gasteiger partial charge in [0.2, 0.25) is 10.0 Å². The Bertz CT molecular complexity index is 1080. The number of benzene rings is 1. The molecule has 0 spiro atoms. The number of aromatic nitrogens is 1. The predicted molar refractivity (Wildman–Crippen MR) is 106 cm³/mol. The molecule has 0 atom stereocenters. The Morgan fingerprint density at radius 2 is 1.79 bits per heavy atom. The van der Waals surface area contributed by atoms with Gasteiger partial charge < -0.3 is 9.80 Å². The van der Waals surface area contributed by atoms with E-state index in [9.17, 15) is 18.0 Å². The van der Waals surface area contributed by atoms with Crippen molar-refractivity contribution < 1.29 is 18.0 Å². The van der Waals surface area contributed by atoms with E-state index >= 15 is 0 Å². The van der Waals surface area contributed by atoms with Crippen LogP contribution in [0.2, 0.25) is 0 Å². The minimum Gasteiger partial charge on any atom is -0.354 e. The van der Waals surface area contributed by atoms with Crippen molar-refractivity contribution in [3.63, 3.8) is 0 Å². The monoisotopic (exact) mass is 415 g/mol. The van der Waals surface area contributed by atoms with Crippen LogP contribution in [0.15, 0.2) is 41.4 Å². The predicted octanol–water partition coefficient (Wildman–Crippen LogP) is 0.196. The first-order valence-electron chi connectivity index (χ1n) is 9.22. The lowest BCUT2D eigenvalue weighted by Gasteiger charge is -2.34. The van der Waals surface area contributed by atoms with Gasteiger partial charge in [-0.05, 0) is 31.3 Å². The summed E-state index contributed by atoms with van der Waals surface area (Å²) in [6.07, 6.45) is 1.70. The molecule has 2 aliphatic heterocycles. The number of nitrogens with zero attached hydrogens (tertiary/aromatic N) is 3. The lowest BCUT2D eigenvalue weighted by atomic mass is 10.1. The van der Waals surface area contributed by atoms with E-state index in [2.05, 4.69) is 31.9 Å². The van der Waals surface area contributed by atoms with Gasteiger partial charge in [0.05, 0.1) is 16.0 Å². The SMILES string of the molecule is CN1CCN(c2ncccc2CNS(=O)(=O)c2ccc3c(c2)C(=O)NC3=O)CC1. The fourth-order valence-electron chi connectivity index (χ4n) is 3.44. The average molecular weight is 415 g/mol. The van der Waals surface area contributed by atoms with Gasteiger partial charge in [-0.15, -0.1) is 0 Å². The molecule has 1 aromatic carbocycles. The molecule has 0 bridgehead atoms. The van der Waals surface area contributed by atoms with Crippen LogP contribution in [0.5, 0.6) is 0 Å². The summed E-state index contributed by atoms with van der Waals surface area (Å²) >= 11 is 0. The van der Waals surface area contributed by atoms with Crippen molar-refractivity contribution in [3.05, 3.63) is 53.2 Å². The van der Waals surface area contributed by atoms with Crippen LogP contribution in [0, 0.1) is 0 Å². The van der Waals surface area contributed by atoms with E-state index in [4.69, 9.17) is 0 Å². The highest BCUT2D eigenvalue weighted by atomic mass is 32.2. The Morgan fingerprint density at radius 1 is 1.07 bits per heavy atom. The van der Waals surface area contributed by atoms with Crippen LogP contribution in [0.1, 0.15) is 26.3 Å². The first kappa shape index (κ1) is 19.5. The fourth-order valence-corrected chi connectivity index (χ4v) is 4.47. The third-order valence-corrected chi connectivity index (χ3v) is 6.54. The van der Waals surface area contributed by atoms with Crippen molar-refractivity contribution >= 4 is 27.7 Å². The van der Waals surface area contributed by atoms with Crippen LogP contribution < -0.4 is 14.9 Å². The number of piperazine rings is 1. The van der Waals surface area contributed by atoms with Gasteiger partial charge >= 0.3 is 0 Å². The summed E-state index contributed by atoms with van der Waals surface area (Å²) in [7, 11) is -1.81. The number of sulfonamides is 1. The maximum Gasteiger partial charge on any atom is 0.258 e. The average Bonchev–Trinajstić information content (AvgIpc) is 3.01. The number of fused-ring (bicyclic) bond motifs is 1. The quantitative estimate of drug-likeness (QED) is 0.671. The number of anilines is 1. The molecule has 0 saturated carbocycles. The lowest BCUT2D eigenvalue weighted by Crippen LogP contribution is -2.45. The molecule has 2 amide bonds. The van der Waals surface area contributed by atoms with Crippen molar-refractivity contribution in [2.45, 2.75) is 11.4 Å². The van der Waals surface area contributed by atoms with E-state index < -0.39 is 21.8 Å². The molecule has 1 aromatic heterocycles. The van der Waals surface area contributed by atoms with E-state index in [0.29, 0.717) is 0 Å². The van der Waals surface area contributed by atoms with Crippen LogP contribution in [0.4, 0.5) is 5.82 Å². The second-order valence-electron chi connectivity index (χ2n) is 7.09. The number of rotatable bonds is 5. The molecule has 3 heterocycles. The third-order valence-electron chi connectivity index (χ3n) is 5.14. The Labute approximate surface area is 168 Å². The normalized spacial score (nSPS) is 17.3. The number of imide groups is 1. The van der Waals surface area contributed by atoms with E-state index in [1.165, 1.54) is 18.2 Å². The van der Waals surface area contributed by atoms with Gasteiger partial charge in [0.25, 0.3) is 11.8 Å². The summed E-state index contributed by atoms with van der Waals surface area (Å²) in [5, 5.41) is 2.16. The molecule has 2 aromatic rings. The molecule has 0 radical (unpaired) electrons. The summed E-state index contributed by atoms with van der Waals surface area (Å²) in [6.45, 7) is 3.54. The van der Waals surface area contributed by atoms with Gasteiger partial charge in [0, 0.05) is 44.5 Å². The van der Waals surface area contributed by atoms with Crippen molar-refractivity contribution in [1.29, 1.82) is 0 Å². The molecule has 1 fully saturated rings. The van der Waals surface area contributed by atoms with Gasteiger partial charge in [-0.3, -0.25) is 14.9 Å². The first-order valence-corrected chi connectivity index (χ1v) is 10.7. The molecule has 2 aliphatic rings. The van der Waals surface area contributed by atoms with Crippen molar-refractivity contribution in [2.24, 2.45) is 0 Å².